The highest BCUT2D eigenvalue weighted by molar-refractivity contribution is 5.88. The first-order chi connectivity index (χ1) is 11.9. The minimum atomic E-state index is -0.887. The summed E-state index contributed by atoms with van der Waals surface area (Å²) >= 11 is 0. The van der Waals surface area contributed by atoms with Crippen LogP contribution in [0.3, 0.4) is 0 Å². The molecule has 3 rings (SSSR count). The van der Waals surface area contributed by atoms with E-state index in [1.807, 2.05) is 57.3 Å². The zero-order chi connectivity index (χ0) is 18.1. The molecule has 25 heavy (non-hydrogen) atoms. The lowest BCUT2D eigenvalue weighted by atomic mass is 9.54. The first-order valence-corrected chi connectivity index (χ1v) is 8.66. The van der Waals surface area contributed by atoms with Crippen molar-refractivity contribution < 1.29 is 9.53 Å². The molecule has 134 valence electrons. The first kappa shape index (κ1) is 17.6. The van der Waals surface area contributed by atoms with Gasteiger partial charge in [0, 0.05) is 37.4 Å². The number of hydrogen-bond acceptors (Lipinski definition) is 4. The molecular formula is C19H26N4O2. The van der Waals surface area contributed by atoms with Crippen LogP contribution >= 0.6 is 0 Å². The highest BCUT2D eigenvalue weighted by atomic mass is 16.5. The SMILES string of the molecule is CCOC1CC(N)(C(=O)NCc2ccc(-n3cccn3)cc2)C1(C)C. The van der Waals surface area contributed by atoms with Crippen LogP contribution in [0.1, 0.15) is 32.8 Å². The van der Waals surface area contributed by atoms with E-state index in [1.165, 1.54) is 0 Å². The summed E-state index contributed by atoms with van der Waals surface area (Å²) in [6.45, 7) is 7.03. The molecule has 0 aliphatic heterocycles. The van der Waals surface area contributed by atoms with Gasteiger partial charge in [-0.25, -0.2) is 4.68 Å². The summed E-state index contributed by atoms with van der Waals surface area (Å²) in [5.41, 5.74) is 7.13. The zero-order valence-electron chi connectivity index (χ0n) is 15.0. The van der Waals surface area contributed by atoms with Gasteiger partial charge in [0.2, 0.25) is 5.91 Å². The van der Waals surface area contributed by atoms with E-state index in [0.717, 1.165) is 11.3 Å². The van der Waals surface area contributed by atoms with Gasteiger partial charge in [0.1, 0.15) is 5.54 Å². The molecule has 0 bridgehead atoms. The minimum Gasteiger partial charge on any atom is -0.378 e. The number of carbonyl (C=O) groups excluding carboxylic acids is 1. The fraction of sp³-hybridized carbons (Fsp3) is 0.474. The Hall–Kier alpha value is -2.18. The highest BCUT2D eigenvalue weighted by Gasteiger charge is 2.62. The monoisotopic (exact) mass is 342 g/mol. The Kier molecular flexibility index (Phi) is 4.67. The van der Waals surface area contributed by atoms with Gasteiger partial charge in [-0.15, -0.1) is 0 Å². The van der Waals surface area contributed by atoms with Gasteiger partial charge in [0.05, 0.1) is 11.8 Å². The van der Waals surface area contributed by atoms with Gasteiger partial charge in [0.25, 0.3) is 0 Å². The molecule has 2 aromatic rings. The molecule has 6 heteroatoms. The predicted molar refractivity (Wildman–Crippen MR) is 96.1 cm³/mol. The Balaban J connectivity index is 1.59. The highest BCUT2D eigenvalue weighted by Crippen LogP contribution is 2.49. The number of rotatable bonds is 6. The second kappa shape index (κ2) is 6.61. The summed E-state index contributed by atoms with van der Waals surface area (Å²) in [4.78, 5) is 12.6. The molecule has 1 aromatic heterocycles. The molecule has 0 spiro atoms. The maximum absolute atomic E-state index is 12.6. The molecule has 1 aliphatic carbocycles. The Morgan fingerprint density at radius 3 is 2.68 bits per heavy atom. The molecule has 1 fully saturated rings. The smallest absolute Gasteiger partial charge is 0.241 e. The molecule has 1 heterocycles. The molecule has 1 saturated carbocycles. The number of nitrogens with two attached hydrogens (primary N) is 1. The van der Waals surface area contributed by atoms with Crippen molar-refractivity contribution >= 4 is 5.91 Å². The van der Waals surface area contributed by atoms with Crippen LogP contribution in [0.15, 0.2) is 42.7 Å². The standard InChI is InChI=1S/C19H26N4O2/c1-4-25-16-12-19(20,18(16,2)3)17(24)21-13-14-6-8-15(9-7-14)23-11-5-10-22-23/h5-11,16H,4,12-13,20H2,1-3H3,(H,21,24). The van der Waals surface area contributed by atoms with Crippen LogP contribution in [-0.4, -0.2) is 33.9 Å². The van der Waals surface area contributed by atoms with Crippen LogP contribution in [-0.2, 0) is 16.1 Å². The molecule has 1 amide bonds. The van der Waals surface area contributed by atoms with Gasteiger partial charge >= 0.3 is 0 Å². The van der Waals surface area contributed by atoms with Crippen LogP contribution in [0, 0.1) is 5.41 Å². The fourth-order valence-corrected chi connectivity index (χ4v) is 3.35. The first-order valence-electron chi connectivity index (χ1n) is 8.66. The second-order valence-corrected chi connectivity index (χ2v) is 7.14. The van der Waals surface area contributed by atoms with Crippen LogP contribution in [0.25, 0.3) is 5.69 Å². The Morgan fingerprint density at radius 2 is 2.12 bits per heavy atom. The zero-order valence-corrected chi connectivity index (χ0v) is 15.0. The van der Waals surface area contributed by atoms with Crippen molar-refractivity contribution in [1.29, 1.82) is 0 Å². The van der Waals surface area contributed by atoms with Gasteiger partial charge in [0.15, 0.2) is 0 Å². The summed E-state index contributed by atoms with van der Waals surface area (Å²) in [6.07, 6.45) is 4.21. The van der Waals surface area contributed by atoms with E-state index in [9.17, 15) is 4.79 Å². The topological polar surface area (TPSA) is 82.2 Å². The van der Waals surface area contributed by atoms with Crippen molar-refractivity contribution in [3.63, 3.8) is 0 Å². The average Bonchev–Trinajstić information content (AvgIpc) is 3.14. The van der Waals surface area contributed by atoms with E-state index in [1.54, 1.807) is 10.9 Å². The summed E-state index contributed by atoms with van der Waals surface area (Å²) in [6, 6.07) is 9.80. The molecule has 3 N–H and O–H groups in total. The maximum atomic E-state index is 12.6. The average molecular weight is 342 g/mol. The Labute approximate surface area is 148 Å². The van der Waals surface area contributed by atoms with Crippen LogP contribution in [0.2, 0.25) is 0 Å². The van der Waals surface area contributed by atoms with Gasteiger partial charge in [-0.3, -0.25) is 4.79 Å². The van der Waals surface area contributed by atoms with Crippen molar-refractivity contribution in [3.8, 4) is 5.69 Å². The number of hydrogen-bond donors (Lipinski definition) is 2. The van der Waals surface area contributed by atoms with E-state index >= 15 is 0 Å². The molecule has 2 atom stereocenters. The molecule has 6 nitrogen and oxygen atoms in total. The van der Waals surface area contributed by atoms with E-state index in [0.29, 0.717) is 19.6 Å². The van der Waals surface area contributed by atoms with Gasteiger partial charge in [-0.1, -0.05) is 26.0 Å². The molecule has 0 saturated heterocycles. The van der Waals surface area contributed by atoms with Crippen LogP contribution < -0.4 is 11.1 Å². The molecule has 1 aromatic carbocycles. The maximum Gasteiger partial charge on any atom is 0.241 e. The predicted octanol–water partition coefficient (Wildman–Crippen LogP) is 2.02. The Bertz CT molecular complexity index is 724. The van der Waals surface area contributed by atoms with Crippen molar-refractivity contribution in [2.45, 2.75) is 45.4 Å². The van der Waals surface area contributed by atoms with Crippen molar-refractivity contribution in [3.05, 3.63) is 48.3 Å². The second-order valence-electron chi connectivity index (χ2n) is 7.14. The number of ether oxygens (including phenoxy) is 1. The van der Waals surface area contributed by atoms with Crippen molar-refractivity contribution in [1.82, 2.24) is 15.1 Å². The van der Waals surface area contributed by atoms with Crippen molar-refractivity contribution in [2.75, 3.05) is 6.61 Å². The number of aromatic nitrogens is 2. The Morgan fingerprint density at radius 1 is 1.40 bits per heavy atom. The van der Waals surface area contributed by atoms with Crippen molar-refractivity contribution in [2.24, 2.45) is 11.1 Å². The summed E-state index contributed by atoms with van der Waals surface area (Å²) in [7, 11) is 0. The normalized spacial score (nSPS) is 24.6. The number of amides is 1. The lowest BCUT2D eigenvalue weighted by Gasteiger charge is -2.57. The van der Waals surface area contributed by atoms with Gasteiger partial charge in [-0.05, 0) is 30.7 Å². The minimum absolute atomic E-state index is 0.0293. The molecule has 0 radical (unpaired) electrons. The lowest BCUT2D eigenvalue weighted by molar-refractivity contribution is -0.170. The number of benzene rings is 1. The van der Waals surface area contributed by atoms with Gasteiger partial charge < -0.3 is 15.8 Å². The van der Waals surface area contributed by atoms with E-state index < -0.39 is 5.54 Å². The van der Waals surface area contributed by atoms with E-state index in [-0.39, 0.29) is 17.4 Å². The third-order valence-corrected chi connectivity index (χ3v) is 5.39. The third kappa shape index (κ3) is 3.07. The third-order valence-electron chi connectivity index (χ3n) is 5.39. The fourth-order valence-electron chi connectivity index (χ4n) is 3.35. The van der Waals surface area contributed by atoms with Gasteiger partial charge in [-0.2, -0.15) is 5.10 Å². The largest absolute Gasteiger partial charge is 0.378 e. The van der Waals surface area contributed by atoms with E-state index in [4.69, 9.17) is 10.5 Å². The van der Waals surface area contributed by atoms with Crippen LogP contribution in [0.4, 0.5) is 0 Å². The molecule has 1 aliphatic rings. The molecular weight excluding hydrogens is 316 g/mol. The quantitative estimate of drug-likeness (QED) is 0.841. The number of nitrogens with one attached hydrogen (secondary N) is 1. The summed E-state index contributed by atoms with van der Waals surface area (Å²) in [5.74, 6) is -0.121. The van der Waals surface area contributed by atoms with E-state index in [2.05, 4.69) is 10.4 Å². The number of carbonyl (C=O) groups is 1. The summed E-state index contributed by atoms with van der Waals surface area (Å²) in [5, 5.41) is 7.17. The number of nitrogens with zero attached hydrogens (tertiary/aromatic N) is 2. The molecule has 2 unspecified atom stereocenters. The van der Waals surface area contributed by atoms with Crippen LogP contribution in [0.5, 0.6) is 0 Å². The lowest BCUT2D eigenvalue weighted by Crippen LogP contribution is -2.75. The summed E-state index contributed by atoms with van der Waals surface area (Å²) < 4.78 is 7.48.